The predicted molar refractivity (Wildman–Crippen MR) is 131 cm³/mol. The molecular formula is C27H23FN4O4. The summed E-state index contributed by atoms with van der Waals surface area (Å²) in [7, 11) is 1.59. The highest BCUT2D eigenvalue weighted by atomic mass is 19.1. The van der Waals surface area contributed by atoms with Crippen molar-refractivity contribution in [3.05, 3.63) is 102 Å². The van der Waals surface area contributed by atoms with Crippen LogP contribution in [0.25, 0.3) is 16.6 Å². The number of ether oxygens (including phenoxy) is 2. The summed E-state index contributed by atoms with van der Waals surface area (Å²) in [5, 5.41) is 11.9. The van der Waals surface area contributed by atoms with E-state index in [2.05, 4.69) is 15.6 Å². The molecular weight excluding hydrogens is 463 g/mol. The minimum absolute atomic E-state index is 0.181. The summed E-state index contributed by atoms with van der Waals surface area (Å²) in [6.07, 6.45) is 2.53. The van der Waals surface area contributed by atoms with Crippen LogP contribution in [0.4, 0.5) is 4.39 Å². The van der Waals surface area contributed by atoms with E-state index in [-0.39, 0.29) is 17.4 Å². The van der Waals surface area contributed by atoms with Crippen LogP contribution in [0, 0.1) is 5.82 Å². The normalized spacial score (nSPS) is 12.8. The van der Waals surface area contributed by atoms with Gasteiger partial charge in [0.05, 0.1) is 30.6 Å². The van der Waals surface area contributed by atoms with Gasteiger partial charge in [0, 0.05) is 11.5 Å². The van der Waals surface area contributed by atoms with Gasteiger partial charge in [0.1, 0.15) is 29.7 Å². The Morgan fingerprint density at radius 2 is 1.89 bits per heavy atom. The second-order valence-corrected chi connectivity index (χ2v) is 8.22. The fourth-order valence-electron chi connectivity index (χ4n) is 3.98. The number of benzene rings is 3. The van der Waals surface area contributed by atoms with Gasteiger partial charge in [-0.1, -0.05) is 17.3 Å². The molecule has 2 aromatic heterocycles. The molecule has 0 bridgehead atoms. The van der Waals surface area contributed by atoms with E-state index in [4.69, 9.17) is 14.0 Å². The lowest BCUT2D eigenvalue weighted by Gasteiger charge is -2.26. The Hall–Kier alpha value is -4.66. The van der Waals surface area contributed by atoms with E-state index in [0.717, 1.165) is 22.2 Å². The zero-order valence-corrected chi connectivity index (χ0v) is 19.6. The average molecular weight is 487 g/mol. The summed E-state index contributed by atoms with van der Waals surface area (Å²) in [5.74, 6) is 0.590. The first kappa shape index (κ1) is 23.1. The van der Waals surface area contributed by atoms with Crippen molar-refractivity contribution in [2.24, 2.45) is 0 Å². The Morgan fingerprint density at radius 3 is 2.64 bits per heavy atom. The van der Waals surface area contributed by atoms with Gasteiger partial charge in [-0.2, -0.15) is 5.10 Å². The molecule has 36 heavy (non-hydrogen) atoms. The van der Waals surface area contributed by atoms with Crippen molar-refractivity contribution in [3.63, 3.8) is 0 Å². The number of hydrogen-bond acceptors (Lipinski definition) is 6. The molecule has 0 fully saturated rings. The van der Waals surface area contributed by atoms with Crippen molar-refractivity contribution in [2.45, 2.75) is 19.1 Å². The molecule has 5 rings (SSSR count). The zero-order chi connectivity index (χ0) is 25.1. The Balaban J connectivity index is 1.44. The zero-order valence-electron chi connectivity index (χ0n) is 19.6. The topological polar surface area (TPSA) is 91.4 Å². The number of carbonyl (C=O) groups is 1. The van der Waals surface area contributed by atoms with E-state index >= 15 is 0 Å². The van der Waals surface area contributed by atoms with Crippen LogP contribution in [-0.4, -0.2) is 34.0 Å². The first-order valence-corrected chi connectivity index (χ1v) is 11.3. The number of nitrogens with one attached hydrogen (secondary N) is 1. The van der Waals surface area contributed by atoms with Crippen LogP contribution in [0.3, 0.4) is 0 Å². The number of nitrogens with zero attached hydrogens (tertiary/aromatic N) is 3. The predicted octanol–water partition coefficient (Wildman–Crippen LogP) is 5.10. The summed E-state index contributed by atoms with van der Waals surface area (Å²) in [4.78, 5) is 12.6. The standard InChI is InChI=1S/C27H23FN4O4/c1-17(30-27(33)24-12-13-35-31-24)26(18-4-3-5-22(14-18)34-2)36-23-10-11-25-19(15-23)16-29-32(25)21-8-6-20(28)7-9-21/h3-17,26H,1-2H3,(H,30,33)/t17-,26+/m0/s1. The summed E-state index contributed by atoms with van der Waals surface area (Å²) >= 11 is 0. The number of aromatic nitrogens is 3. The minimum Gasteiger partial charge on any atom is -0.497 e. The lowest BCUT2D eigenvalue weighted by atomic mass is 10.0. The average Bonchev–Trinajstić information content (AvgIpc) is 3.58. The van der Waals surface area contributed by atoms with Gasteiger partial charge in [0.15, 0.2) is 5.69 Å². The maximum absolute atomic E-state index is 13.3. The highest BCUT2D eigenvalue weighted by Gasteiger charge is 2.25. The lowest BCUT2D eigenvalue weighted by molar-refractivity contribution is 0.0873. The van der Waals surface area contributed by atoms with Gasteiger partial charge in [-0.15, -0.1) is 0 Å². The number of amides is 1. The van der Waals surface area contributed by atoms with Crippen molar-refractivity contribution >= 4 is 16.8 Å². The van der Waals surface area contributed by atoms with Crippen LogP contribution in [0.2, 0.25) is 0 Å². The molecule has 0 spiro atoms. The Morgan fingerprint density at radius 1 is 1.06 bits per heavy atom. The molecule has 1 N–H and O–H groups in total. The van der Waals surface area contributed by atoms with E-state index in [0.29, 0.717) is 11.5 Å². The molecule has 2 atom stereocenters. The molecule has 0 aliphatic rings. The highest BCUT2D eigenvalue weighted by molar-refractivity contribution is 5.92. The van der Waals surface area contributed by atoms with Crippen molar-refractivity contribution in [1.82, 2.24) is 20.3 Å². The molecule has 8 nitrogen and oxygen atoms in total. The quantitative estimate of drug-likeness (QED) is 0.328. The van der Waals surface area contributed by atoms with E-state index in [9.17, 15) is 9.18 Å². The summed E-state index contributed by atoms with van der Waals surface area (Å²) in [5.41, 5.74) is 2.60. The van der Waals surface area contributed by atoms with Gasteiger partial charge in [0.25, 0.3) is 5.91 Å². The number of halogens is 1. The highest BCUT2D eigenvalue weighted by Crippen LogP contribution is 2.30. The van der Waals surface area contributed by atoms with Gasteiger partial charge in [-0.05, 0) is 67.1 Å². The summed E-state index contributed by atoms with van der Waals surface area (Å²) in [6, 6.07) is 20.3. The number of hydrogen-bond donors (Lipinski definition) is 1. The maximum atomic E-state index is 13.3. The van der Waals surface area contributed by atoms with Gasteiger partial charge in [-0.25, -0.2) is 9.07 Å². The number of carbonyl (C=O) groups excluding carboxylic acids is 1. The summed E-state index contributed by atoms with van der Waals surface area (Å²) in [6.45, 7) is 1.85. The molecule has 5 aromatic rings. The number of fused-ring (bicyclic) bond motifs is 1. The van der Waals surface area contributed by atoms with Gasteiger partial charge in [0.2, 0.25) is 0 Å². The third-order valence-electron chi connectivity index (χ3n) is 5.78. The third kappa shape index (κ3) is 4.76. The smallest absolute Gasteiger partial charge is 0.273 e. The molecule has 0 radical (unpaired) electrons. The minimum atomic E-state index is -0.541. The molecule has 3 aromatic carbocycles. The fraction of sp³-hybridized carbons (Fsp3) is 0.148. The second-order valence-electron chi connectivity index (χ2n) is 8.22. The van der Waals surface area contributed by atoms with E-state index in [1.54, 1.807) is 30.1 Å². The van der Waals surface area contributed by atoms with Crippen LogP contribution in [0.5, 0.6) is 11.5 Å². The van der Waals surface area contributed by atoms with E-state index in [1.165, 1.54) is 24.5 Å². The molecule has 0 aliphatic heterocycles. The van der Waals surface area contributed by atoms with E-state index in [1.807, 2.05) is 49.4 Å². The first-order chi connectivity index (χ1) is 17.5. The maximum Gasteiger partial charge on any atom is 0.273 e. The molecule has 0 saturated carbocycles. The van der Waals surface area contributed by atoms with Crippen LogP contribution >= 0.6 is 0 Å². The first-order valence-electron chi connectivity index (χ1n) is 11.3. The largest absolute Gasteiger partial charge is 0.497 e. The fourth-order valence-corrected chi connectivity index (χ4v) is 3.98. The number of methoxy groups -OCH3 is 1. The van der Waals surface area contributed by atoms with E-state index < -0.39 is 12.1 Å². The van der Waals surface area contributed by atoms with Crippen LogP contribution in [0.1, 0.15) is 29.1 Å². The van der Waals surface area contributed by atoms with Crippen molar-refractivity contribution in [1.29, 1.82) is 0 Å². The Bertz CT molecular complexity index is 1480. The van der Waals surface area contributed by atoms with Crippen molar-refractivity contribution < 1.29 is 23.2 Å². The summed E-state index contributed by atoms with van der Waals surface area (Å²) < 4.78 is 31.7. The van der Waals surface area contributed by atoms with Gasteiger partial charge >= 0.3 is 0 Å². The number of rotatable bonds is 8. The van der Waals surface area contributed by atoms with Crippen molar-refractivity contribution in [2.75, 3.05) is 7.11 Å². The Labute approximate surface area is 206 Å². The van der Waals surface area contributed by atoms with Crippen LogP contribution in [-0.2, 0) is 0 Å². The van der Waals surface area contributed by atoms with Gasteiger partial charge < -0.3 is 19.3 Å². The third-order valence-corrected chi connectivity index (χ3v) is 5.78. The SMILES string of the molecule is COc1cccc([C@H](Oc2ccc3c(cnn3-c3ccc(F)cc3)c2)[C@H](C)NC(=O)c2ccon2)c1. The van der Waals surface area contributed by atoms with Crippen LogP contribution in [0.15, 0.2) is 89.8 Å². The molecule has 0 saturated heterocycles. The van der Waals surface area contributed by atoms with Crippen molar-refractivity contribution in [3.8, 4) is 17.2 Å². The van der Waals surface area contributed by atoms with Gasteiger partial charge in [-0.3, -0.25) is 4.79 Å². The lowest BCUT2D eigenvalue weighted by Crippen LogP contribution is -2.39. The molecule has 9 heteroatoms. The van der Waals surface area contributed by atoms with Crippen LogP contribution < -0.4 is 14.8 Å². The monoisotopic (exact) mass is 486 g/mol. The Kier molecular flexibility index (Phi) is 6.36. The molecule has 2 heterocycles. The molecule has 1 amide bonds. The molecule has 0 unspecified atom stereocenters. The molecule has 182 valence electrons. The second kappa shape index (κ2) is 9.91. The molecule has 0 aliphatic carbocycles.